The Kier molecular flexibility index (Phi) is 29.5. The van der Waals surface area contributed by atoms with E-state index in [0.717, 1.165) is 38.5 Å². The lowest BCUT2D eigenvalue weighted by Crippen LogP contribution is -2.12. The first kappa shape index (κ1) is 48.9. The van der Waals surface area contributed by atoms with Crippen LogP contribution in [0.2, 0.25) is 0 Å². The second-order valence-electron chi connectivity index (χ2n) is 16.0. The molecular formula is C50H78O6. The second kappa shape index (κ2) is 33.8. The van der Waals surface area contributed by atoms with Crippen LogP contribution < -0.4 is 20.3 Å². The monoisotopic (exact) mass is 775 g/mol. The van der Waals surface area contributed by atoms with Crippen LogP contribution in [0.3, 0.4) is 0 Å². The van der Waals surface area contributed by atoms with Gasteiger partial charge in [-0.25, -0.2) is 0 Å². The maximum atomic E-state index is 12.7. The van der Waals surface area contributed by atoms with Gasteiger partial charge >= 0.3 is 11.9 Å². The molecule has 0 unspecified atom stereocenters. The third kappa shape index (κ3) is 25.1. The minimum absolute atomic E-state index is 0.0135. The van der Waals surface area contributed by atoms with Gasteiger partial charge in [0, 0.05) is 12.8 Å². The highest BCUT2D eigenvalue weighted by Gasteiger charge is 2.10. The zero-order valence-corrected chi connectivity index (χ0v) is 35.7. The van der Waals surface area contributed by atoms with E-state index in [4.69, 9.17) is 9.47 Å². The molecule has 6 heteroatoms. The van der Waals surface area contributed by atoms with E-state index in [9.17, 15) is 19.2 Å². The summed E-state index contributed by atoms with van der Waals surface area (Å²) in [5, 5.41) is 0. The van der Waals surface area contributed by atoms with E-state index in [1.165, 1.54) is 178 Å². The summed E-state index contributed by atoms with van der Waals surface area (Å²) in [6, 6.07) is 12.4. The SMILES string of the molecule is CCCCCCCCCCCCCCCCCC(=O)Oc1ccc(-c2ccc(OC(=O)CCCCCCCCCCCCCCCCC)c(=O)cc2)ccc1=O. The largest absolute Gasteiger partial charge is 0.422 e. The quantitative estimate of drug-likeness (QED) is 0.0512. The van der Waals surface area contributed by atoms with Crippen LogP contribution in [-0.4, -0.2) is 11.9 Å². The summed E-state index contributed by atoms with van der Waals surface area (Å²) in [5.74, 6) is -0.828. The van der Waals surface area contributed by atoms with Crippen molar-refractivity contribution in [1.82, 2.24) is 0 Å². The average molecular weight is 775 g/mol. The summed E-state index contributed by atoms with van der Waals surface area (Å²) in [5.41, 5.74) is 0.550. The molecule has 0 heterocycles. The molecule has 0 saturated carbocycles. The normalized spacial score (nSPS) is 11.1. The molecule has 0 saturated heterocycles. The lowest BCUT2D eigenvalue weighted by atomic mass is 10.0. The lowest BCUT2D eigenvalue weighted by Gasteiger charge is -2.04. The van der Waals surface area contributed by atoms with Crippen molar-refractivity contribution in [3.8, 4) is 22.6 Å². The maximum absolute atomic E-state index is 12.7. The highest BCUT2D eigenvalue weighted by atomic mass is 16.5. The topological polar surface area (TPSA) is 86.7 Å². The second-order valence-corrected chi connectivity index (χ2v) is 16.0. The number of carbonyl (C=O) groups is 2. The third-order valence-corrected chi connectivity index (χ3v) is 10.9. The Morgan fingerprint density at radius 3 is 0.839 bits per heavy atom. The molecule has 0 aliphatic carbocycles. The van der Waals surface area contributed by atoms with Crippen molar-refractivity contribution in [2.45, 2.75) is 219 Å². The van der Waals surface area contributed by atoms with Crippen molar-refractivity contribution >= 4 is 11.9 Å². The van der Waals surface area contributed by atoms with Crippen LogP contribution in [0.1, 0.15) is 219 Å². The molecule has 0 aliphatic heterocycles. The van der Waals surface area contributed by atoms with Gasteiger partial charge in [0.2, 0.25) is 10.9 Å². The number of hydrogen-bond acceptors (Lipinski definition) is 6. The lowest BCUT2D eigenvalue weighted by molar-refractivity contribution is -0.135. The molecule has 0 radical (unpaired) electrons. The van der Waals surface area contributed by atoms with Gasteiger partial charge in [0.15, 0.2) is 11.5 Å². The van der Waals surface area contributed by atoms with Crippen LogP contribution >= 0.6 is 0 Å². The minimum atomic E-state index is -0.401. The smallest absolute Gasteiger partial charge is 0.311 e. The van der Waals surface area contributed by atoms with Crippen LogP contribution in [0.25, 0.3) is 11.1 Å². The average Bonchev–Trinajstić information content (AvgIpc) is 3.49. The number of esters is 2. The first-order valence-electron chi connectivity index (χ1n) is 23.1. The van der Waals surface area contributed by atoms with E-state index in [1.807, 2.05) is 0 Å². The summed E-state index contributed by atoms with van der Waals surface area (Å²) in [7, 11) is 0. The molecular weight excluding hydrogens is 697 g/mol. The predicted octanol–water partition coefficient (Wildman–Crippen LogP) is 14.4. The van der Waals surface area contributed by atoms with E-state index in [1.54, 1.807) is 24.3 Å². The fourth-order valence-electron chi connectivity index (χ4n) is 7.28. The number of unbranched alkanes of at least 4 members (excludes halogenated alkanes) is 28. The number of rotatable bonds is 35. The van der Waals surface area contributed by atoms with Crippen molar-refractivity contribution in [1.29, 1.82) is 0 Å². The van der Waals surface area contributed by atoms with Crippen LogP contribution in [0.5, 0.6) is 11.5 Å². The predicted molar refractivity (Wildman–Crippen MR) is 235 cm³/mol. The van der Waals surface area contributed by atoms with Gasteiger partial charge in [0.05, 0.1) is 0 Å². The molecule has 0 spiro atoms. The van der Waals surface area contributed by atoms with E-state index < -0.39 is 11.9 Å². The fraction of sp³-hybridized carbons (Fsp3) is 0.680. The summed E-state index contributed by atoms with van der Waals surface area (Å²) < 4.78 is 10.9. The molecule has 0 aliphatic rings. The Hall–Kier alpha value is -3.28. The van der Waals surface area contributed by atoms with Gasteiger partial charge in [-0.1, -0.05) is 218 Å². The minimum Gasteiger partial charge on any atom is -0.422 e. The van der Waals surface area contributed by atoms with Crippen molar-refractivity contribution in [3.63, 3.8) is 0 Å². The highest BCUT2D eigenvalue weighted by molar-refractivity contribution is 5.73. The molecule has 0 atom stereocenters. The number of carbonyl (C=O) groups excluding carboxylic acids is 2. The standard InChI is InChI=1S/C50H78O6/c1-3-5-7-9-11-13-15-17-19-21-23-25-27-29-31-33-49(53)55-47-41-37-43(35-39-45(47)51)44-36-40-46(52)48(42-38-44)56-50(54)34-32-30-28-26-24-22-20-18-16-14-12-10-8-6-4-2/h35-42H,3-34H2,1-2H3. The van der Waals surface area contributed by atoms with Crippen molar-refractivity contribution in [2.24, 2.45) is 0 Å². The van der Waals surface area contributed by atoms with Crippen molar-refractivity contribution in [2.75, 3.05) is 0 Å². The molecule has 56 heavy (non-hydrogen) atoms. The molecule has 0 fully saturated rings. The molecule has 0 N–H and O–H groups in total. The Morgan fingerprint density at radius 2 is 0.571 bits per heavy atom. The van der Waals surface area contributed by atoms with Gasteiger partial charge in [0.1, 0.15) is 0 Å². The van der Waals surface area contributed by atoms with E-state index >= 15 is 0 Å². The Balaban J connectivity index is 1.63. The highest BCUT2D eigenvalue weighted by Crippen LogP contribution is 2.21. The Bertz CT molecular complexity index is 1330. The third-order valence-electron chi connectivity index (χ3n) is 10.9. The van der Waals surface area contributed by atoms with Gasteiger partial charge in [0.25, 0.3) is 0 Å². The summed E-state index contributed by atoms with van der Waals surface area (Å²) >= 11 is 0. The van der Waals surface area contributed by atoms with Gasteiger partial charge in [-0.05, 0) is 48.2 Å². The van der Waals surface area contributed by atoms with Gasteiger partial charge in [-0.15, -0.1) is 0 Å². The zero-order chi connectivity index (χ0) is 40.3. The fourth-order valence-corrected chi connectivity index (χ4v) is 7.28. The van der Waals surface area contributed by atoms with Crippen LogP contribution in [0, 0.1) is 0 Å². The molecule has 2 rings (SSSR count). The molecule has 6 nitrogen and oxygen atoms in total. The van der Waals surface area contributed by atoms with Crippen LogP contribution in [0.4, 0.5) is 0 Å². The van der Waals surface area contributed by atoms with Gasteiger partial charge in [-0.2, -0.15) is 0 Å². The molecule has 314 valence electrons. The molecule has 0 aromatic heterocycles. The Labute approximate surface area is 341 Å². The molecule has 0 bridgehead atoms. The van der Waals surface area contributed by atoms with E-state index in [2.05, 4.69) is 13.8 Å². The molecule has 2 aromatic rings. The van der Waals surface area contributed by atoms with Crippen LogP contribution in [0.15, 0.2) is 58.1 Å². The first-order chi connectivity index (χ1) is 27.4. The van der Waals surface area contributed by atoms with Crippen LogP contribution in [-0.2, 0) is 9.59 Å². The first-order valence-corrected chi connectivity index (χ1v) is 23.1. The van der Waals surface area contributed by atoms with Crippen molar-refractivity contribution < 1.29 is 19.1 Å². The number of hydrogen-bond donors (Lipinski definition) is 0. The molecule has 2 aromatic carbocycles. The zero-order valence-electron chi connectivity index (χ0n) is 35.7. The summed E-state index contributed by atoms with van der Waals surface area (Å²) in [6.45, 7) is 4.53. The van der Waals surface area contributed by atoms with Crippen molar-refractivity contribution in [3.05, 3.63) is 69.0 Å². The maximum Gasteiger partial charge on any atom is 0.311 e. The van der Waals surface area contributed by atoms with E-state index in [0.29, 0.717) is 11.1 Å². The van der Waals surface area contributed by atoms with Gasteiger partial charge < -0.3 is 9.47 Å². The van der Waals surface area contributed by atoms with Gasteiger partial charge in [-0.3, -0.25) is 19.2 Å². The Morgan fingerprint density at radius 1 is 0.339 bits per heavy atom. The summed E-state index contributed by atoms with van der Waals surface area (Å²) in [6.07, 6.45) is 38.3. The van der Waals surface area contributed by atoms with E-state index in [-0.39, 0.29) is 35.2 Å². The number of ether oxygens (including phenoxy) is 2. The summed E-state index contributed by atoms with van der Waals surface area (Å²) in [4.78, 5) is 50.5. The molecule has 0 amide bonds.